The van der Waals surface area contributed by atoms with E-state index in [0.29, 0.717) is 0 Å². The van der Waals surface area contributed by atoms with Crippen LogP contribution in [0.2, 0.25) is 0 Å². The fourth-order valence-electron chi connectivity index (χ4n) is 6.76. The Morgan fingerprint density at radius 1 is 0.545 bits per heavy atom. The summed E-state index contributed by atoms with van der Waals surface area (Å²) in [6, 6.07) is 41.6. The van der Waals surface area contributed by atoms with Crippen LogP contribution in [0.15, 0.2) is 151 Å². The van der Waals surface area contributed by atoms with E-state index in [1.54, 1.807) is 0 Å². The van der Waals surface area contributed by atoms with Crippen molar-refractivity contribution in [3.05, 3.63) is 185 Å². The highest BCUT2D eigenvalue weighted by Crippen LogP contribution is 2.44. The van der Waals surface area contributed by atoms with Gasteiger partial charge in [0.2, 0.25) is 0 Å². The van der Waals surface area contributed by atoms with Crippen LogP contribution in [0.25, 0.3) is 24.3 Å². The molecular formula is C42H32N2. The van der Waals surface area contributed by atoms with Gasteiger partial charge in [-0.05, 0) is 94.8 Å². The first-order valence-electron chi connectivity index (χ1n) is 15.2. The van der Waals surface area contributed by atoms with E-state index in [2.05, 4.69) is 168 Å². The summed E-state index contributed by atoms with van der Waals surface area (Å²) < 4.78 is 0. The average Bonchev–Trinajstić information content (AvgIpc) is 3.28. The Labute approximate surface area is 259 Å². The first-order valence-corrected chi connectivity index (χ1v) is 15.2. The topological polar surface area (TPSA) is 6.48 Å². The van der Waals surface area contributed by atoms with Gasteiger partial charge in [0.15, 0.2) is 0 Å². The van der Waals surface area contributed by atoms with E-state index in [0.717, 1.165) is 18.5 Å². The number of benzene rings is 5. The highest BCUT2D eigenvalue weighted by Gasteiger charge is 2.24. The van der Waals surface area contributed by atoms with E-state index in [1.807, 2.05) is 6.08 Å². The number of fused-ring (bicyclic) bond motifs is 5. The molecule has 3 aliphatic rings. The molecule has 1 aliphatic carbocycles. The summed E-state index contributed by atoms with van der Waals surface area (Å²) in [6.07, 6.45) is 17.2. The van der Waals surface area contributed by atoms with Crippen LogP contribution in [0, 0.1) is 0 Å². The highest BCUT2D eigenvalue weighted by atomic mass is 15.2. The van der Waals surface area contributed by atoms with E-state index in [4.69, 9.17) is 0 Å². The number of anilines is 5. The fraction of sp³-hybridized carbons (Fsp3) is 0.0476. The maximum atomic E-state index is 4.09. The van der Waals surface area contributed by atoms with Crippen LogP contribution in [-0.4, -0.2) is 0 Å². The van der Waals surface area contributed by atoms with Crippen LogP contribution >= 0.6 is 0 Å². The van der Waals surface area contributed by atoms with Crippen LogP contribution in [0.1, 0.15) is 33.4 Å². The normalized spacial score (nSPS) is 15.5. The molecule has 5 aromatic carbocycles. The molecule has 0 unspecified atom stereocenters. The van der Waals surface area contributed by atoms with Gasteiger partial charge in [-0.1, -0.05) is 121 Å². The molecular weight excluding hydrogens is 532 g/mol. The second kappa shape index (κ2) is 10.9. The molecule has 0 bridgehead atoms. The molecule has 0 spiro atoms. The van der Waals surface area contributed by atoms with Crippen molar-refractivity contribution < 1.29 is 0 Å². The van der Waals surface area contributed by atoms with Gasteiger partial charge in [0.25, 0.3) is 0 Å². The molecule has 0 saturated carbocycles. The molecule has 44 heavy (non-hydrogen) atoms. The molecule has 2 nitrogen and oxygen atoms in total. The standard InChI is InChI=1S/C42H32N2/c1-2-11-37(43-39-16-7-3-12-31(39)20-21-32-13-4-8-17-40(32)43)28-30-26-35-24-25-38(29-36(35)27-30)44-41-18-9-5-14-33(41)22-23-34-15-6-10-19-42(34)44/h2-25,28-29H,1,26-27H2/b30-28+,37-11+. The smallest absolute Gasteiger partial charge is 0.0534 e. The summed E-state index contributed by atoms with van der Waals surface area (Å²) in [5.74, 6) is 0. The van der Waals surface area contributed by atoms with Gasteiger partial charge in [-0.25, -0.2) is 0 Å². The lowest BCUT2D eigenvalue weighted by Crippen LogP contribution is -2.17. The van der Waals surface area contributed by atoms with Crippen LogP contribution in [-0.2, 0) is 12.8 Å². The number of hydrogen-bond donors (Lipinski definition) is 0. The number of nitrogens with zero attached hydrogens (tertiary/aromatic N) is 2. The monoisotopic (exact) mass is 564 g/mol. The molecule has 0 amide bonds. The Morgan fingerprint density at radius 3 is 1.57 bits per heavy atom. The van der Waals surface area contributed by atoms with Gasteiger partial charge in [-0.2, -0.15) is 0 Å². The zero-order chi connectivity index (χ0) is 29.5. The SMILES string of the molecule is C=C/C=C(\C=C1/Cc2ccc(N3c4ccccc4C=Cc4ccccc43)cc2C1)N1c2ccccc2C=Cc2ccccc21. The molecule has 0 radical (unpaired) electrons. The summed E-state index contributed by atoms with van der Waals surface area (Å²) >= 11 is 0. The van der Waals surface area contributed by atoms with Crippen LogP contribution < -0.4 is 9.80 Å². The minimum absolute atomic E-state index is 0.919. The lowest BCUT2D eigenvalue weighted by molar-refractivity contribution is 1.13. The number of hydrogen-bond acceptors (Lipinski definition) is 2. The first-order chi connectivity index (χ1) is 21.8. The third kappa shape index (κ3) is 4.53. The van der Waals surface area contributed by atoms with Gasteiger partial charge in [-0.3, -0.25) is 0 Å². The van der Waals surface area contributed by atoms with Crippen molar-refractivity contribution in [2.45, 2.75) is 12.8 Å². The van der Waals surface area contributed by atoms with Crippen molar-refractivity contribution in [2.75, 3.05) is 9.80 Å². The van der Waals surface area contributed by atoms with E-state index in [1.165, 1.54) is 67.4 Å². The summed E-state index contributed by atoms with van der Waals surface area (Å²) in [5.41, 5.74) is 16.1. The van der Waals surface area contributed by atoms with Crippen LogP contribution in [0.4, 0.5) is 28.4 Å². The molecule has 0 fully saturated rings. The molecule has 2 heteroatoms. The fourth-order valence-corrected chi connectivity index (χ4v) is 6.76. The maximum absolute atomic E-state index is 4.09. The van der Waals surface area contributed by atoms with Gasteiger partial charge in [0, 0.05) is 11.4 Å². The van der Waals surface area contributed by atoms with Crippen molar-refractivity contribution in [3.63, 3.8) is 0 Å². The van der Waals surface area contributed by atoms with Crippen molar-refractivity contribution in [3.8, 4) is 0 Å². The van der Waals surface area contributed by atoms with Gasteiger partial charge in [0.1, 0.15) is 0 Å². The van der Waals surface area contributed by atoms with Crippen molar-refractivity contribution >= 4 is 52.7 Å². The molecule has 2 aliphatic heterocycles. The largest absolute Gasteiger partial charge is 0.309 e. The number of para-hydroxylation sites is 4. The van der Waals surface area contributed by atoms with Crippen molar-refractivity contribution in [1.82, 2.24) is 0 Å². The summed E-state index contributed by atoms with van der Waals surface area (Å²) in [4.78, 5) is 4.79. The molecule has 8 rings (SSSR count). The van der Waals surface area contributed by atoms with E-state index in [-0.39, 0.29) is 0 Å². The predicted molar refractivity (Wildman–Crippen MR) is 188 cm³/mol. The lowest BCUT2D eigenvalue weighted by Gasteiger charge is -2.28. The highest BCUT2D eigenvalue weighted by molar-refractivity contribution is 5.94. The molecule has 5 aromatic rings. The minimum atomic E-state index is 0.919. The lowest BCUT2D eigenvalue weighted by atomic mass is 10.1. The zero-order valence-corrected chi connectivity index (χ0v) is 24.5. The quantitative estimate of drug-likeness (QED) is 0.197. The second-order valence-electron chi connectivity index (χ2n) is 11.5. The average molecular weight is 565 g/mol. The summed E-state index contributed by atoms with van der Waals surface area (Å²) in [6.45, 7) is 4.09. The maximum Gasteiger partial charge on any atom is 0.0534 e. The molecule has 0 saturated heterocycles. The Bertz CT molecular complexity index is 1960. The van der Waals surface area contributed by atoms with E-state index >= 15 is 0 Å². The molecule has 0 aromatic heterocycles. The molecule has 2 heterocycles. The van der Waals surface area contributed by atoms with E-state index in [9.17, 15) is 0 Å². The molecule has 0 N–H and O–H groups in total. The van der Waals surface area contributed by atoms with Gasteiger partial charge in [0.05, 0.1) is 22.7 Å². The Balaban J connectivity index is 1.18. The molecule has 210 valence electrons. The third-order valence-corrected chi connectivity index (χ3v) is 8.78. The number of allylic oxidation sites excluding steroid dienone is 4. The third-order valence-electron chi connectivity index (χ3n) is 8.78. The molecule has 0 atom stereocenters. The van der Waals surface area contributed by atoms with Crippen LogP contribution in [0.5, 0.6) is 0 Å². The van der Waals surface area contributed by atoms with E-state index < -0.39 is 0 Å². The summed E-state index contributed by atoms with van der Waals surface area (Å²) in [7, 11) is 0. The Morgan fingerprint density at radius 2 is 1.02 bits per heavy atom. The number of rotatable bonds is 4. The predicted octanol–water partition coefficient (Wildman–Crippen LogP) is 11.1. The van der Waals surface area contributed by atoms with Crippen molar-refractivity contribution in [1.29, 1.82) is 0 Å². The van der Waals surface area contributed by atoms with Crippen molar-refractivity contribution in [2.24, 2.45) is 0 Å². The second-order valence-corrected chi connectivity index (χ2v) is 11.5. The minimum Gasteiger partial charge on any atom is -0.309 e. The van der Waals surface area contributed by atoms with Crippen LogP contribution in [0.3, 0.4) is 0 Å². The first kappa shape index (κ1) is 26.1. The zero-order valence-electron chi connectivity index (χ0n) is 24.5. The Kier molecular flexibility index (Phi) is 6.46. The summed E-state index contributed by atoms with van der Waals surface area (Å²) in [5, 5.41) is 0. The Hall–Kier alpha value is -5.60. The van der Waals surface area contributed by atoms with Gasteiger partial charge < -0.3 is 9.80 Å². The van der Waals surface area contributed by atoms with Gasteiger partial charge in [-0.15, -0.1) is 0 Å². The van der Waals surface area contributed by atoms with Gasteiger partial charge >= 0.3 is 0 Å².